The number of carbonyl (C=O) groups is 1. The minimum atomic E-state index is -0.163. The van der Waals surface area contributed by atoms with E-state index in [1.807, 2.05) is 11.6 Å². The predicted octanol–water partition coefficient (Wildman–Crippen LogP) is 2.46. The van der Waals surface area contributed by atoms with Crippen LogP contribution in [0.1, 0.15) is 44.8 Å². The lowest BCUT2D eigenvalue weighted by Gasteiger charge is -2.23. The highest BCUT2D eigenvalue weighted by molar-refractivity contribution is 5.89. The van der Waals surface area contributed by atoms with Gasteiger partial charge in [-0.25, -0.2) is 4.79 Å². The number of anilines is 1. The second kappa shape index (κ2) is 6.74. The number of nitrogens with zero attached hydrogens (tertiary/aromatic N) is 2. The highest BCUT2D eigenvalue weighted by Gasteiger charge is 2.17. The van der Waals surface area contributed by atoms with Gasteiger partial charge in [-0.2, -0.15) is 5.10 Å². The van der Waals surface area contributed by atoms with Crippen molar-refractivity contribution in [3.05, 3.63) is 11.9 Å². The number of hydrogen-bond donors (Lipinski definition) is 2. The number of hydrogen-bond acceptors (Lipinski definition) is 3. The molecule has 2 rings (SSSR count). The molecule has 112 valence electrons. The largest absolute Gasteiger partial charge is 0.381 e. The number of rotatable bonds is 4. The van der Waals surface area contributed by atoms with Crippen LogP contribution >= 0.6 is 0 Å². The zero-order chi connectivity index (χ0) is 14.5. The van der Waals surface area contributed by atoms with E-state index in [2.05, 4.69) is 29.6 Å². The van der Waals surface area contributed by atoms with Gasteiger partial charge in [0.15, 0.2) is 0 Å². The van der Waals surface area contributed by atoms with Crippen molar-refractivity contribution >= 4 is 11.7 Å². The van der Waals surface area contributed by atoms with Crippen LogP contribution in [0.25, 0.3) is 0 Å². The summed E-state index contributed by atoms with van der Waals surface area (Å²) in [5.41, 5.74) is 1.76. The van der Waals surface area contributed by atoms with Crippen molar-refractivity contribution in [1.29, 1.82) is 0 Å². The Morgan fingerprint density at radius 1 is 1.55 bits per heavy atom. The maximum Gasteiger partial charge on any atom is 0.319 e. The SMILES string of the molecule is CCC(C)n1ncc(NC(=O)NC2CCOCC2)c1C. The average Bonchev–Trinajstić information content (AvgIpc) is 2.80. The smallest absolute Gasteiger partial charge is 0.319 e. The Balaban J connectivity index is 1.92. The second-order valence-electron chi connectivity index (χ2n) is 5.33. The summed E-state index contributed by atoms with van der Waals surface area (Å²) in [6.07, 6.45) is 4.47. The van der Waals surface area contributed by atoms with Crippen molar-refractivity contribution in [2.75, 3.05) is 18.5 Å². The molecule has 2 heterocycles. The number of ether oxygens (including phenoxy) is 1. The van der Waals surface area contributed by atoms with E-state index >= 15 is 0 Å². The predicted molar refractivity (Wildman–Crippen MR) is 78.0 cm³/mol. The molecule has 0 aliphatic carbocycles. The van der Waals surface area contributed by atoms with Gasteiger partial charge in [-0.1, -0.05) is 6.92 Å². The molecule has 0 aromatic carbocycles. The van der Waals surface area contributed by atoms with Crippen LogP contribution in [0.3, 0.4) is 0 Å². The van der Waals surface area contributed by atoms with Crippen molar-refractivity contribution < 1.29 is 9.53 Å². The highest BCUT2D eigenvalue weighted by Crippen LogP contribution is 2.19. The average molecular weight is 280 g/mol. The molecule has 1 unspecified atom stereocenters. The maximum atomic E-state index is 12.0. The highest BCUT2D eigenvalue weighted by atomic mass is 16.5. The summed E-state index contributed by atoms with van der Waals surface area (Å²) in [6, 6.07) is 0.376. The lowest BCUT2D eigenvalue weighted by atomic mass is 10.1. The second-order valence-corrected chi connectivity index (χ2v) is 5.33. The van der Waals surface area contributed by atoms with Gasteiger partial charge in [-0.3, -0.25) is 4.68 Å². The van der Waals surface area contributed by atoms with E-state index in [9.17, 15) is 4.79 Å². The third-order valence-corrected chi connectivity index (χ3v) is 3.86. The molecule has 1 aromatic heterocycles. The summed E-state index contributed by atoms with van der Waals surface area (Å²) in [5.74, 6) is 0. The Kier molecular flexibility index (Phi) is 5.00. The maximum absolute atomic E-state index is 12.0. The minimum absolute atomic E-state index is 0.163. The van der Waals surface area contributed by atoms with Gasteiger partial charge in [0.05, 0.1) is 17.6 Å². The molecule has 0 radical (unpaired) electrons. The molecule has 2 amide bonds. The zero-order valence-electron chi connectivity index (χ0n) is 12.5. The fraction of sp³-hybridized carbons (Fsp3) is 0.714. The topological polar surface area (TPSA) is 68.2 Å². The molecule has 2 N–H and O–H groups in total. The Bertz CT molecular complexity index is 452. The standard InChI is InChI=1S/C14H24N4O2/c1-4-10(2)18-11(3)13(9-15-18)17-14(19)16-12-5-7-20-8-6-12/h9-10,12H,4-8H2,1-3H3,(H2,16,17,19). The summed E-state index contributed by atoms with van der Waals surface area (Å²) in [6.45, 7) is 7.65. The summed E-state index contributed by atoms with van der Waals surface area (Å²) in [5, 5.41) is 10.2. The molecule has 6 nitrogen and oxygen atoms in total. The molecule has 1 saturated heterocycles. The van der Waals surface area contributed by atoms with Crippen molar-refractivity contribution in [2.45, 2.75) is 52.1 Å². The van der Waals surface area contributed by atoms with Gasteiger partial charge in [-0.05, 0) is 33.1 Å². The number of urea groups is 1. The molecule has 0 saturated carbocycles. The lowest BCUT2D eigenvalue weighted by molar-refractivity contribution is 0.0806. The van der Waals surface area contributed by atoms with E-state index < -0.39 is 0 Å². The van der Waals surface area contributed by atoms with Crippen molar-refractivity contribution in [2.24, 2.45) is 0 Å². The van der Waals surface area contributed by atoms with E-state index in [-0.39, 0.29) is 12.1 Å². The van der Waals surface area contributed by atoms with Crippen LogP contribution < -0.4 is 10.6 Å². The monoisotopic (exact) mass is 280 g/mol. The van der Waals surface area contributed by atoms with E-state index in [1.54, 1.807) is 6.20 Å². The van der Waals surface area contributed by atoms with Crippen LogP contribution in [0.2, 0.25) is 0 Å². The molecular weight excluding hydrogens is 256 g/mol. The Labute approximate surface area is 119 Å². The molecule has 1 aliphatic rings. The van der Waals surface area contributed by atoms with Crippen molar-refractivity contribution in [3.8, 4) is 0 Å². The summed E-state index contributed by atoms with van der Waals surface area (Å²) < 4.78 is 7.22. The molecular formula is C14H24N4O2. The van der Waals surface area contributed by atoms with Crippen LogP contribution in [0.5, 0.6) is 0 Å². The van der Waals surface area contributed by atoms with Crippen LogP contribution in [0.4, 0.5) is 10.5 Å². The quantitative estimate of drug-likeness (QED) is 0.890. The molecule has 1 aliphatic heterocycles. The number of amides is 2. The van der Waals surface area contributed by atoms with Crippen molar-refractivity contribution in [3.63, 3.8) is 0 Å². The van der Waals surface area contributed by atoms with Gasteiger partial charge in [0.1, 0.15) is 0 Å². The molecule has 1 atom stereocenters. The van der Waals surface area contributed by atoms with Gasteiger partial charge >= 0.3 is 6.03 Å². The first kappa shape index (κ1) is 14.8. The minimum Gasteiger partial charge on any atom is -0.381 e. The Morgan fingerprint density at radius 2 is 2.25 bits per heavy atom. The van der Waals surface area contributed by atoms with Gasteiger partial charge in [0, 0.05) is 25.3 Å². The van der Waals surface area contributed by atoms with Crippen molar-refractivity contribution in [1.82, 2.24) is 15.1 Å². The van der Waals surface area contributed by atoms with E-state index in [1.165, 1.54) is 0 Å². The first-order valence-electron chi connectivity index (χ1n) is 7.31. The summed E-state index contributed by atoms with van der Waals surface area (Å²) >= 11 is 0. The molecule has 1 fully saturated rings. The Hall–Kier alpha value is -1.56. The third-order valence-electron chi connectivity index (χ3n) is 3.86. The molecule has 6 heteroatoms. The van der Waals surface area contributed by atoms with Crippen LogP contribution in [-0.2, 0) is 4.74 Å². The first-order chi connectivity index (χ1) is 9.61. The van der Waals surface area contributed by atoms with E-state index in [4.69, 9.17) is 4.74 Å². The number of nitrogens with one attached hydrogen (secondary N) is 2. The zero-order valence-corrected chi connectivity index (χ0v) is 12.5. The fourth-order valence-corrected chi connectivity index (χ4v) is 2.35. The van der Waals surface area contributed by atoms with Gasteiger partial charge in [0.25, 0.3) is 0 Å². The number of aromatic nitrogens is 2. The van der Waals surface area contributed by atoms with Gasteiger partial charge < -0.3 is 15.4 Å². The summed E-state index contributed by atoms with van der Waals surface area (Å²) in [4.78, 5) is 12.0. The van der Waals surface area contributed by atoms with Gasteiger partial charge in [0.2, 0.25) is 0 Å². The number of carbonyl (C=O) groups excluding carboxylic acids is 1. The molecule has 0 bridgehead atoms. The van der Waals surface area contributed by atoms with Crippen LogP contribution in [-0.4, -0.2) is 35.1 Å². The fourth-order valence-electron chi connectivity index (χ4n) is 2.35. The Morgan fingerprint density at radius 3 is 2.90 bits per heavy atom. The van der Waals surface area contributed by atoms with Gasteiger partial charge in [-0.15, -0.1) is 0 Å². The molecule has 0 spiro atoms. The third kappa shape index (κ3) is 3.50. The lowest BCUT2D eigenvalue weighted by Crippen LogP contribution is -2.41. The van der Waals surface area contributed by atoms with Crippen LogP contribution in [0, 0.1) is 6.92 Å². The normalized spacial score (nSPS) is 17.8. The molecule has 20 heavy (non-hydrogen) atoms. The first-order valence-corrected chi connectivity index (χ1v) is 7.31. The molecule has 1 aromatic rings. The van der Waals surface area contributed by atoms with E-state index in [0.29, 0.717) is 6.04 Å². The van der Waals surface area contributed by atoms with Crippen LogP contribution in [0.15, 0.2) is 6.20 Å². The summed E-state index contributed by atoms with van der Waals surface area (Å²) in [7, 11) is 0. The van der Waals surface area contributed by atoms with E-state index in [0.717, 1.165) is 43.9 Å².